The van der Waals surface area contributed by atoms with Crippen LogP contribution in [0.15, 0.2) is 34.8 Å². The van der Waals surface area contributed by atoms with Gasteiger partial charge in [0.1, 0.15) is 11.9 Å². The summed E-state index contributed by atoms with van der Waals surface area (Å²) in [7, 11) is 0. The summed E-state index contributed by atoms with van der Waals surface area (Å²) in [6.45, 7) is 18.6. The Morgan fingerprint density at radius 3 is 2.11 bits per heavy atom. The molecular formula is C35H62N4O5Sn. The molecule has 0 saturated heterocycles. The fraction of sp³-hybridized carbons (Fsp3) is 0.714. The average molecular weight is 738 g/mol. The molecule has 3 N–H and O–H groups in total. The molecule has 1 aromatic heterocycles. The molecule has 0 aliphatic heterocycles. The molecule has 0 aromatic carbocycles. The zero-order valence-corrected chi connectivity index (χ0v) is 32.4. The van der Waals surface area contributed by atoms with Gasteiger partial charge in [0.15, 0.2) is 0 Å². The molecule has 0 fully saturated rings. The third-order valence-electron chi connectivity index (χ3n) is 7.90. The van der Waals surface area contributed by atoms with Gasteiger partial charge < -0.3 is 10.5 Å². The maximum absolute atomic E-state index is 12.9. The Bertz CT molecular complexity index is 1070. The quantitative estimate of drug-likeness (QED) is 0.0815. The fourth-order valence-electron chi connectivity index (χ4n) is 5.35. The molecule has 0 aliphatic carbocycles. The summed E-state index contributed by atoms with van der Waals surface area (Å²) < 4.78 is 19.2. The van der Waals surface area contributed by atoms with E-state index in [9.17, 15) is 14.4 Å². The third kappa shape index (κ3) is 16.3. The number of nitrogens with one attached hydrogen (secondary N) is 1. The number of hydrogen-bond donors (Lipinski definition) is 2. The number of hydrogen-bond acceptors (Lipinski definition) is 7. The SMILES string of the molecule is CCC[CH2][Sn](/[CH]=C/CNC(=O)/C=C/[C@@H](C)[C@H](OC(=O)[C@H](N)Cc1cn(C(=O)OC(C)(C)C)cn1)C(C)C)([CH2]CCC)[CH2]CCC. The first-order valence-corrected chi connectivity index (χ1v) is 24.7. The number of esters is 1. The summed E-state index contributed by atoms with van der Waals surface area (Å²) in [6, 6.07) is -0.955. The van der Waals surface area contributed by atoms with Gasteiger partial charge in [0.05, 0.1) is 5.69 Å². The number of carbonyl (C=O) groups is 3. The Labute approximate surface area is 277 Å². The molecule has 9 nitrogen and oxygen atoms in total. The number of imidazole rings is 1. The minimum absolute atomic E-state index is 0.00755. The van der Waals surface area contributed by atoms with Crippen LogP contribution in [-0.2, 0) is 25.5 Å². The predicted molar refractivity (Wildman–Crippen MR) is 186 cm³/mol. The van der Waals surface area contributed by atoms with Gasteiger partial charge in [-0.05, 0) is 20.8 Å². The van der Waals surface area contributed by atoms with E-state index in [4.69, 9.17) is 15.2 Å². The molecule has 0 aliphatic rings. The number of amides is 1. The van der Waals surface area contributed by atoms with E-state index in [1.807, 2.05) is 20.8 Å². The predicted octanol–water partition coefficient (Wildman–Crippen LogP) is 7.36. The average Bonchev–Trinajstić information content (AvgIpc) is 3.44. The van der Waals surface area contributed by atoms with Crippen LogP contribution in [0, 0.1) is 11.8 Å². The van der Waals surface area contributed by atoms with Crippen LogP contribution in [0.5, 0.6) is 0 Å². The number of nitrogens with two attached hydrogens (primary N) is 1. The molecule has 1 rings (SSSR count). The van der Waals surface area contributed by atoms with Crippen molar-refractivity contribution in [2.24, 2.45) is 17.6 Å². The second kappa shape index (κ2) is 20.9. The topological polar surface area (TPSA) is 126 Å². The van der Waals surface area contributed by atoms with Gasteiger partial charge in [0, 0.05) is 12.6 Å². The van der Waals surface area contributed by atoms with E-state index in [0.29, 0.717) is 12.2 Å². The first kappa shape index (κ1) is 40.9. The molecule has 0 radical (unpaired) electrons. The van der Waals surface area contributed by atoms with Crippen molar-refractivity contribution in [3.63, 3.8) is 0 Å². The van der Waals surface area contributed by atoms with Gasteiger partial charge in [-0.1, -0.05) is 0 Å². The summed E-state index contributed by atoms with van der Waals surface area (Å²) >= 11 is -2.36. The van der Waals surface area contributed by atoms with Gasteiger partial charge in [-0.2, -0.15) is 0 Å². The van der Waals surface area contributed by atoms with Crippen LogP contribution in [-0.4, -0.2) is 70.2 Å². The van der Waals surface area contributed by atoms with E-state index in [0.717, 1.165) is 0 Å². The van der Waals surface area contributed by atoms with Crippen molar-refractivity contribution < 1.29 is 23.9 Å². The van der Waals surface area contributed by atoms with Crippen molar-refractivity contribution in [2.45, 2.75) is 138 Å². The zero-order chi connectivity index (χ0) is 34.0. The summed E-state index contributed by atoms with van der Waals surface area (Å²) in [5.74, 6) is -0.906. The summed E-state index contributed by atoms with van der Waals surface area (Å²) in [5, 5.41) is 3.01. The van der Waals surface area contributed by atoms with Crippen molar-refractivity contribution in [2.75, 3.05) is 6.54 Å². The molecule has 1 heterocycles. The molecule has 45 heavy (non-hydrogen) atoms. The van der Waals surface area contributed by atoms with Crippen LogP contribution in [0.3, 0.4) is 0 Å². The molecule has 0 bridgehead atoms. The van der Waals surface area contributed by atoms with E-state index in [-0.39, 0.29) is 24.2 Å². The number of ether oxygens (including phenoxy) is 2. The molecule has 3 atom stereocenters. The Kier molecular flexibility index (Phi) is 19.0. The van der Waals surface area contributed by atoms with E-state index in [1.165, 1.54) is 75.0 Å². The zero-order valence-electron chi connectivity index (χ0n) is 29.6. The first-order chi connectivity index (χ1) is 21.2. The second-order valence-corrected chi connectivity index (χ2v) is 26.8. The molecule has 256 valence electrons. The summed E-state index contributed by atoms with van der Waals surface area (Å²) in [4.78, 5) is 42.0. The Hall–Kier alpha value is -2.14. The van der Waals surface area contributed by atoms with Crippen LogP contribution in [0.4, 0.5) is 4.79 Å². The molecule has 10 heteroatoms. The third-order valence-corrected chi connectivity index (χ3v) is 22.1. The van der Waals surface area contributed by atoms with E-state index in [2.05, 4.69) is 41.2 Å². The Morgan fingerprint density at radius 2 is 1.60 bits per heavy atom. The number of carbonyl (C=O) groups excluding carboxylic acids is 3. The molecular weight excluding hydrogens is 675 g/mol. The monoisotopic (exact) mass is 738 g/mol. The van der Waals surface area contributed by atoms with Crippen LogP contribution >= 0.6 is 0 Å². The van der Waals surface area contributed by atoms with Gasteiger partial charge in [-0.25, -0.2) is 14.3 Å². The molecule has 0 unspecified atom stereocenters. The Morgan fingerprint density at radius 1 is 1.02 bits per heavy atom. The Balaban J connectivity index is 2.74. The maximum atomic E-state index is 12.9. The van der Waals surface area contributed by atoms with Gasteiger partial charge in [0.25, 0.3) is 0 Å². The normalized spacial score (nSPS) is 14.6. The molecule has 0 spiro atoms. The van der Waals surface area contributed by atoms with E-state index < -0.39 is 48.2 Å². The number of rotatable bonds is 20. The summed E-state index contributed by atoms with van der Waals surface area (Å²) in [6.07, 6.45) is 15.1. The van der Waals surface area contributed by atoms with Crippen molar-refractivity contribution in [1.29, 1.82) is 0 Å². The fourth-order valence-corrected chi connectivity index (χ4v) is 19.7. The van der Waals surface area contributed by atoms with Crippen molar-refractivity contribution in [3.8, 4) is 0 Å². The van der Waals surface area contributed by atoms with Crippen molar-refractivity contribution in [3.05, 3.63) is 40.5 Å². The standard InChI is InChI=1S/C23H35N4O5.3C4H9.Sn/c1-8-11-25-19(28)10-9-16(4)20(15(2)3)31-21(29)18(24)12-17-13-27(14-26-17)22(30)32-23(5,6)7;3*1-3-4-2;/h1,8-10,13-16,18,20H,11-12,24H2,2-7H3,(H,25,28);3*1,3-4H2,2H3;/b8-1?,10-9+;;;;/t16-,18-,20-;;;;/m1..../s1. The van der Waals surface area contributed by atoms with E-state index >= 15 is 0 Å². The van der Waals surface area contributed by atoms with Gasteiger partial charge in [0.2, 0.25) is 0 Å². The van der Waals surface area contributed by atoms with Gasteiger partial charge in [-0.15, -0.1) is 0 Å². The van der Waals surface area contributed by atoms with Crippen LogP contribution in [0.2, 0.25) is 13.3 Å². The number of unbranched alkanes of at least 4 members (excludes halogenated alkanes) is 3. The summed E-state index contributed by atoms with van der Waals surface area (Å²) in [5.41, 5.74) is 6.00. The van der Waals surface area contributed by atoms with Crippen molar-refractivity contribution in [1.82, 2.24) is 14.9 Å². The van der Waals surface area contributed by atoms with Crippen LogP contribution in [0.1, 0.15) is 107 Å². The number of aromatic nitrogens is 2. The van der Waals surface area contributed by atoms with Crippen molar-refractivity contribution >= 4 is 36.3 Å². The number of nitrogens with zero attached hydrogens (tertiary/aromatic N) is 2. The second-order valence-electron chi connectivity index (χ2n) is 13.7. The van der Waals surface area contributed by atoms with Gasteiger partial charge >= 0.3 is 202 Å². The van der Waals surface area contributed by atoms with E-state index in [1.54, 1.807) is 26.8 Å². The molecule has 0 saturated carbocycles. The minimum atomic E-state index is -2.36. The first-order valence-electron chi connectivity index (χ1n) is 17.0. The van der Waals surface area contributed by atoms with Gasteiger partial charge in [-0.3, -0.25) is 0 Å². The molecule has 1 amide bonds. The van der Waals surface area contributed by atoms with Crippen LogP contribution in [0.25, 0.3) is 0 Å². The van der Waals surface area contributed by atoms with Crippen LogP contribution < -0.4 is 11.1 Å². The molecule has 1 aromatic rings.